The molecule has 0 saturated carbocycles. The zero-order chi connectivity index (χ0) is 18.4. The van der Waals surface area contributed by atoms with Gasteiger partial charge in [0.15, 0.2) is 5.17 Å². The van der Waals surface area contributed by atoms with Gasteiger partial charge in [-0.1, -0.05) is 64.9 Å². The van der Waals surface area contributed by atoms with Crippen LogP contribution in [0.2, 0.25) is 0 Å². The molecule has 1 heterocycles. The van der Waals surface area contributed by atoms with Crippen molar-refractivity contribution in [1.82, 2.24) is 5.32 Å². The highest BCUT2D eigenvalue weighted by Crippen LogP contribution is 2.22. The molecule has 1 amide bonds. The molecule has 134 valence electrons. The van der Waals surface area contributed by atoms with E-state index in [2.05, 4.69) is 31.4 Å². The Labute approximate surface area is 165 Å². The number of nitrogens with zero attached hydrogens (tertiary/aromatic N) is 2. The molecule has 26 heavy (non-hydrogen) atoms. The summed E-state index contributed by atoms with van der Waals surface area (Å²) >= 11 is 4.84. The number of rotatable bonds is 6. The van der Waals surface area contributed by atoms with Gasteiger partial charge in [-0.05, 0) is 30.7 Å². The first-order chi connectivity index (χ1) is 12.7. The number of amidine groups is 1. The first-order valence-electron chi connectivity index (χ1n) is 8.21. The summed E-state index contributed by atoms with van der Waals surface area (Å²) in [5.74, 6) is 0.747. The lowest BCUT2D eigenvalue weighted by molar-refractivity contribution is -0.118. The van der Waals surface area contributed by atoms with Crippen LogP contribution in [0.1, 0.15) is 18.9 Å². The van der Waals surface area contributed by atoms with E-state index in [-0.39, 0.29) is 17.8 Å². The van der Waals surface area contributed by atoms with Gasteiger partial charge in [-0.15, -0.1) is 10.2 Å². The highest BCUT2D eigenvalue weighted by atomic mass is 79.9. The van der Waals surface area contributed by atoms with Gasteiger partial charge < -0.3 is 10.1 Å². The van der Waals surface area contributed by atoms with Crippen molar-refractivity contribution in [3.8, 4) is 5.75 Å². The summed E-state index contributed by atoms with van der Waals surface area (Å²) in [7, 11) is 0. The molecule has 1 unspecified atom stereocenters. The minimum absolute atomic E-state index is 0.0165. The number of ether oxygens (including phenoxy) is 1. The number of thioether (sulfide) groups is 1. The normalized spacial score (nSPS) is 18.8. The molecule has 1 N–H and O–H groups in total. The fourth-order valence-corrected chi connectivity index (χ4v) is 3.42. The van der Waals surface area contributed by atoms with Crippen LogP contribution in [0.4, 0.5) is 0 Å². The van der Waals surface area contributed by atoms with Crippen molar-refractivity contribution in [3.63, 3.8) is 0 Å². The highest BCUT2D eigenvalue weighted by molar-refractivity contribution is 9.10. The maximum atomic E-state index is 11.8. The second kappa shape index (κ2) is 9.00. The smallest absolute Gasteiger partial charge is 0.239 e. The Kier molecular flexibility index (Phi) is 6.46. The first-order valence-corrected chi connectivity index (χ1v) is 9.89. The third-order valence-electron chi connectivity index (χ3n) is 3.70. The summed E-state index contributed by atoms with van der Waals surface area (Å²) in [6.45, 7) is 2.25. The van der Waals surface area contributed by atoms with Gasteiger partial charge >= 0.3 is 0 Å². The van der Waals surface area contributed by atoms with E-state index in [0.717, 1.165) is 22.2 Å². The number of carbonyl (C=O) groups excluding carboxylic acids is 1. The Bertz CT molecular complexity index is 822. The molecule has 1 aliphatic rings. The summed E-state index contributed by atoms with van der Waals surface area (Å²) in [5, 5.41) is 11.8. The molecule has 0 radical (unpaired) electrons. The second-order valence-corrected chi connectivity index (χ2v) is 7.67. The van der Waals surface area contributed by atoms with Crippen molar-refractivity contribution >= 4 is 44.5 Å². The zero-order valence-electron chi connectivity index (χ0n) is 14.2. The van der Waals surface area contributed by atoms with Crippen LogP contribution in [0.25, 0.3) is 0 Å². The molecule has 5 nitrogen and oxygen atoms in total. The van der Waals surface area contributed by atoms with Crippen LogP contribution >= 0.6 is 27.7 Å². The quantitative estimate of drug-likeness (QED) is 0.549. The zero-order valence-corrected chi connectivity index (χ0v) is 16.6. The van der Waals surface area contributed by atoms with Crippen LogP contribution in [0.5, 0.6) is 5.75 Å². The van der Waals surface area contributed by atoms with E-state index in [9.17, 15) is 4.79 Å². The standard InChI is InChI=1S/C19H18BrN3O2S/c1-2-17-18(24)21-19(26-17)23-22-16(13-8-10-14(20)11-9-13)12-25-15-6-4-3-5-7-15/h3-11,17H,2,12H2,1H3,(H,21,23,24)/b22-16+. The van der Waals surface area contributed by atoms with Crippen LogP contribution < -0.4 is 10.1 Å². The molecule has 0 bridgehead atoms. The third kappa shape index (κ3) is 4.95. The van der Waals surface area contributed by atoms with Crippen molar-refractivity contribution in [2.45, 2.75) is 18.6 Å². The van der Waals surface area contributed by atoms with Crippen molar-refractivity contribution in [2.75, 3.05) is 6.61 Å². The lowest BCUT2D eigenvalue weighted by atomic mass is 10.1. The number of nitrogens with one attached hydrogen (secondary N) is 1. The van der Waals surface area contributed by atoms with Crippen LogP contribution in [-0.2, 0) is 4.79 Å². The summed E-state index contributed by atoms with van der Waals surface area (Å²) in [5.41, 5.74) is 1.60. The number of benzene rings is 2. The Morgan fingerprint density at radius 3 is 2.58 bits per heavy atom. The minimum Gasteiger partial charge on any atom is -0.487 e. The molecule has 1 aliphatic heterocycles. The number of halogens is 1. The maximum absolute atomic E-state index is 11.8. The number of carbonyl (C=O) groups is 1. The van der Waals surface area contributed by atoms with Crippen LogP contribution in [0.3, 0.4) is 0 Å². The van der Waals surface area contributed by atoms with Crippen molar-refractivity contribution < 1.29 is 9.53 Å². The average Bonchev–Trinajstić information content (AvgIpc) is 3.03. The summed E-state index contributed by atoms with van der Waals surface area (Å²) in [6.07, 6.45) is 0.760. The van der Waals surface area contributed by atoms with Crippen molar-refractivity contribution in [2.24, 2.45) is 10.2 Å². The fraction of sp³-hybridized carbons (Fsp3) is 0.211. The molecule has 7 heteroatoms. The van der Waals surface area contributed by atoms with Crippen LogP contribution in [-0.4, -0.2) is 28.6 Å². The molecular formula is C19H18BrN3O2S. The molecule has 0 aromatic heterocycles. The maximum Gasteiger partial charge on any atom is 0.239 e. The molecule has 1 atom stereocenters. The molecule has 1 saturated heterocycles. The number of hydrogen-bond acceptors (Lipinski definition) is 5. The van der Waals surface area contributed by atoms with Crippen LogP contribution in [0.15, 0.2) is 69.3 Å². The Morgan fingerprint density at radius 2 is 1.92 bits per heavy atom. The van der Waals surface area contributed by atoms with Gasteiger partial charge in [-0.3, -0.25) is 4.79 Å². The van der Waals surface area contributed by atoms with E-state index in [1.165, 1.54) is 11.8 Å². The average molecular weight is 432 g/mol. The molecule has 2 aromatic carbocycles. The van der Waals surface area contributed by atoms with E-state index in [0.29, 0.717) is 10.9 Å². The lowest BCUT2D eigenvalue weighted by Crippen LogP contribution is -2.24. The third-order valence-corrected chi connectivity index (χ3v) is 5.47. The largest absolute Gasteiger partial charge is 0.487 e. The van der Waals surface area contributed by atoms with Gasteiger partial charge in [0.05, 0.1) is 5.25 Å². The summed E-state index contributed by atoms with van der Waals surface area (Å²) in [4.78, 5) is 11.8. The van der Waals surface area contributed by atoms with Gasteiger partial charge in [0, 0.05) is 10.0 Å². The van der Waals surface area contributed by atoms with E-state index >= 15 is 0 Å². The highest BCUT2D eigenvalue weighted by Gasteiger charge is 2.28. The Hall–Kier alpha value is -2.12. The number of hydrogen-bond donors (Lipinski definition) is 1. The summed E-state index contributed by atoms with van der Waals surface area (Å²) in [6, 6.07) is 17.3. The van der Waals surface area contributed by atoms with E-state index in [1.54, 1.807) is 0 Å². The molecule has 1 fully saturated rings. The minimum atomic E-state index is -0.0966. The van der Waals surface area contributed by atoms with Gasteiger partial charge in [-0.25, -0.2) is 0 Å². The number of amides is 1. The SMILES string of the molecule is CCC1S/C(=N\N=C(/COc2ccccc2)c2ccc(Br)cc2)NC1=O. The first kappa shape index (κ1) is 18.7. The van der Waals surface area contributed by atoms with Gasteiger partial charge in [0.1, 0.15) is 18.1 Å². The molecule has 2 aromatic rings. The predicted molar refractivity (Wildman–Crippen MR) is 110 cm³/mol. The summed E-state index contributed by atoms with van der Waals surface area (Å²) < 4.78 is 6.81. The van der Waals surface area contributed by atoms with E-state index in [4.69, 9.17) is 4.74 Å². The van der Waals surface area contributed by atoms with Crippen molar-refractivity contribution in [3.05, 3.63) is 64.6 Å². The van der Waals surface area contributed by atoms with Crippen LogP contribution in [0, 0.1) is 0 Å². The predicted octanol–water partition coefficient (Wildman–Crippen LogP) is 4.23. The van der Waals surface area contributed by atoms with Gasteiger partial charge in [0.2, 0.25) is 5.91 Å². The monoisotopic (exact) mass is 431 g/mol. The molecule has 0 aliphatic carbocycles. The van der Waals surface area contributed by atoms with Crippen molar-refractivity contribution in [1.29, 1.82) is 0 Å². The topological polar surface area (TPSA) is 63.1 Å². The molecule has 0 spiro atoms. The molecular weight excluding hydrogens is 414 g/mol. The second-order valence-electron chi connectivity index (χ2n) is 5.56. The van der Waals surface area contributed by atoms with Gasteiger partial charge in [-0.2, -0.15) is 0 Å². The van der Waals surface area contributed by atoms with Gasteiger partial charge in [0.25, 0.3) is 0 Å². The Morgan fingerprint density at radius 1 is 1.19 bits per heavy atom. The Balaban J connectivity index is 1.80. The van der Waals surface area contributed by atoms with E-state index in [1.807, 2.05) is 61.5 Å². The molecule has 3 rings (SSSR count). The number of para-hydroxylation sites is 1. The fourth-order valence-electron chi connectivity index (χ4n) is 2.31. The van der Waals surface area contributed by atoms with E-state index < -0.39 is 0 Å². The lowest BCUT2D eigenvalue weighted by Gasteiger charge is -2.08.